The van der Waals surface area contributed by atoms with Gasteiger partial charge in [-0.2, -0.15) is 0 Å². The molecule has 1 aromatic heterocycles. The van der Waals surface area contributed by atoms with E-state index in [2.05, 4.69) is 16.0 Å². The van der Waals surface area contributed by atoms with Crippen LogP contribution < -0.4 is 33.1 Å². The quantitative estimate of drug-likeness (QED) is 0.0412. The van der Waals surface area contributed by atoms with E-state index in [4.69, 9.17) is 40.3 Å². The number of aromatic nitrogens is 2. The number of ether oxygens (including phenoxy) is 4. The normalized spacial score (nSPS) is 19.3. The number of carboxylic acid groups (broad SMARTS) is 1. The minimum atomic E-state index is -0.833. The SMILES string of the molecule is CC(=O)O.CCCC[C@H](N)C(=O)N1C[C@H]2C[C@H]2[C@H]1C(=O)N[C@@H](CCC(N)=O)[C@@H](C)OCc1ccc(CCCNC(=O)COCCOCCOCCCc2ccc3c(c2)n(C)c(=O)n3C2CCC(=O)NC2=O)cc1. The lowest BCUT2D eigenvalue weighted by Gasteiger charge is -2.32. The monoisotopic (exact) mass is 1020 g/mol. The van der Waals surface area contributed by atoms with Gasteiger partial charge < -0.3 is 51.1 Å². The topological polar surface area (TPSA) is 295 Å². The molecule has 3 aliphatic rings. The average molecular weight is 1020 g/mol. The maximum atomic E-state index is 13.7. The molecule has 3 fully saturated rings. The van der Waals surface area contributed by atoms with Crippen LogP contribution in [0.2, 0.25) is 0 Å². The summed E-state index contributed by atoms with van der Waals surface area (Å²) in [6.45, 7) is 8.23. The molecule has 402 valence electrons. The maximum Gasteiger partial charge on any atom is 0.329 e. The molecule has 6 amide bonds. The first-order valence-corrected chi connectivity index (χ1v) is 25.6. The second-order valence-corrected chi connectivity index (χ2v) is 19.2. The van der Waals surface area contributed by atoms with Crippen molar-refractivity contribution in [1.29, 1.82) is 0 Å². The summed E-state index contributed by atoms with van der Waals surface area (Å²) in [7, 11) is 1.68. The van der Waals surface area contributed by atoms with Gasteiger partial charge in [-0.1, -0.05) is 50.1 Å². The number of primary amides is 1. The fourth-order valence-electron chi connectivity index (χ4n) is 9.27. The van der Waals surface area contributed by atoms with Crippen LogP contribution in [-0.2, 0) is 79.0 Å². The van der Waals surface area contributed by atoms with Crippen molar-refractivity contribution in [3.63, 3.8) is 0 Å². The van der Waals surface area contributed by atoms with E-state index in [1.165, 1.54) is 9.13 Å². The third-order valence-electron chi connectivity index (χ3n) is 13.4. The van der Waals surface area contributed by atoms with E-state index in [0.29, 0.717) is 76.8 Å². The fraction of sp³-hybridized carbons (Fsp3) is 0.615. The van der Waals surface area contributed by atoms with Crippen LogP contribution >= 0.6 is 0 Å². The number of unbranched alkanes of at least 4 members (excludes halogenated alkanes) is 1. The Morgan fingerprint density at radius 2 is 1.53 bits per heavy atom. The van der Waals surface area contributed by atoms with E-state index in [-0.39, 0.29) is 61.3 Å². The highest BCUT2D eigenvalue weighted by atomic mass is 16.5. The molecule has 8 N–H and O–H groups in total. The predicted octanol–water partition coefficient (Wildman–Crippen LogP) is 2.16. The van der Waals surface area contributed by atoms with Crippen LogP contribution in [-0.4, -0.2) is 138 Å². The minimum Gasteiger partial charge on any atom is -0.481 e. The summed E-state index contributed by atoms with van der Waals surface area (Å²) in [5, 5.41) is 15.7. The highest BCUT2D eigenvalue weighted by molar-refractivity contribution is 6.00. The Morgan fingerprint density at radius 3 is 2.22 bits per heavy atom. The van der Waals surface area contributed by atoms with Crippen LogP contribution in [0.3, 0.4) is 0 Å². The van der Waals surface area contributed by atoms with Crippen molar-refractivity contribution < 1.29 is 57.6 Å². The number of imidazole rings is 1. The number of piperidine rings is 2. The number of imide groups is 1. The Balaban J connectivity index is 0.00000238. The summed E-state index contributed by atoms with van der Waals surface area (Å²) in [5.41, 5.74) is 15.9. The van der Waals surface area contributed by atoms with Gasteiger partial charge in [-0.25, -0.2) is 4.79 Å². The number of likely N-dealkylation sites (tertiary alicyclic amines) is 1. The van der Waals surface area contributed by atoms with Gasteiger partial charge in [0.25, 0.3) is 5.97 Å². The van der Waals surface area contributed by atoms with Crippen molar-refractivity contribution in [3.05, 3.63) is 69.6 Å². The number of rotatable bonds is 30. The summed E-state index contributed by atoms with van der Waals surface area (Å²) in [6, 6.07) is 11.4. The highest BCUT2D eigenvalue weighted by Gasteiger charge is 2.57. The van der Waals surface area contributed by atoms with Crippen molar-refractivity contribution in [2.24, 2.45) is 30.4 Å². The molecule has 73 heavy (non-hydrogen) atoms. The highest BCUT2D eigenvalue weighted by Crippen LogP contribution is 2.50. The summed E-state index contributed by atoms with van der Waals surface area (Å²) < 4.78 is 26.0. The van der Waals surface area contributed by atoms with Gasteiger partial charge in [0.2, 0.25) is 35.4 Å². The van der Waals surface area contributed by atoms with Crippen LogP contribution in [0.4, 0.5) is 0 Å². The first-order chi connectivity index (χ1) is 35.0. The molecule has 2 aromatic carbocycles. The molecule has 7 atom stereocenters. The number of carbonyl (C=O) groups is 7. The number of hydrogen-bond acceptors (Lipinski definition) is 13. The smallest absolute Gasteiger partial charge is 0.329 e. The van der Waals surface area contributed by atoms with Crippen LogP contribution in [0.1, 0.15) is 108 Å². The number of fused-ring (bicyclic) bond motifs is 2. The number of carboxylic acids is 1. The molecule has 6 rings (SSSR count). The number of nitrogens with two attached hydrogens (primary N) is 2. The van der Waals surface area contributed by atoms with Crippen molar-refractivity contribution >= 4 is 52.4 Å². The molecule has 21 heteroatoms. The number of nitrogens with zero attached hydrogens (tertiary/aromatic N) is 3. The molecule has 0 spiro atoms. The average Bonchev–Trinajstić information content (AvgIpc) is 3.95. The minimum absolute atomic E-state index is 0.0604. The molecule has 2 aliphatic heterocycles. The molecule has 1 saturated carbocycles. The molecule has 1 aliphatic carbocycles. The molecular weight excluding hydrogens is 945 g/mol. The van der Waals surface area contributed by atoms with Crippen molar-refractivity contribution in [3.8, 4) is 0 Å². The first-order valence-electron chi connectivity index (χ1n) is 25.6. The van der Waals surface area contributed by atoms with Gasteiger partial charge >= 0.3 is 5.69 Å². The molecule has 3 aromatic rings. The van der Waals surface area contributed by atoms with Crippen LogP contribution in [0.15, 0.2) is 47.3 Å². The van der Waals surface area contributed by atoms with Gasteiger partial charge in [0, 0.05) is 46.5 Å². The third-order valence-corrected chi connectivity index (χ3v) is 13.4. The number of benzene rings is 2. The maximum absolute atomic E-state index is 13.7. The van der Waals surface area contributed by atoms with Gasteiger partial charge in [-0.15, -0.1) is 0 Å². The molecule has 0 bridgehead atoms. The number of amides is 6. The lowest BCUT2D eigenvalue weighted by molar-refractivity contribution is -0.141. The van der Waals surface area contributed by atoms with Crippen LogP contribution in [0, 0.1) is 11.8 Å². The molecule has 2 saturated heterocycles. The third kappa shape index (κ3) is 17.9. The Hall–Kier alpha value is -6.00. The van der Waals surface area contributed by atoms with Crippen molar-refractivity contribution in [2.45, 2.75) is 135 Å². The Labute approximate surface area is 426 Å². The summed E-state index contributed by atoms with van der Waals surface area (Å²) >= 11 is 0. The summed E-state index contributed by atoms with van der Waals surface area (Å²) in [5.74, 6) is -2.25. The van der Waals surface area contributed by atoms with E-state index >= 15 is 0 Å². The van der Waals surface area contributed by atoms with E-state index in [1.54, 1.807) is 11.9 Å². The molecular formula is C52H76N8O13. The molecule has 3 heterocycles. The summed E-state index contributed by atoms with van der Waals surface area (Å²) in [6.07, 6.45) is 6.75. The lowest BCUT2D eigenvalue weighted by Crippen LogP contribution is -2.56. The largest absolute Gasteiger partial charge is 0.481 e. The molecule has 1 unspecified atom stereocenters. The van der Waals surface area contributed by atoms with Crippen molar-refractivity contribution in [2.75, 3.05) is 52.7 Å². The van der Waals surface area contributed by atoms with Crippen molar-refractivity contribution in [1.82, 2.24) is 30.0 Å². The fourth-order valence-corrected chi connectivity index (χ4v) is 9.27. The summed E-state index contributed by atoms with van der Waals surface area (Å²) in [4.78, 5) is 98.6. The number of aryl methyl sites for hydroxylation is 3. The van der Waals surface area contributed by atoms with Gasteiger partial charge in [-0.3, -0.25) is 48.0 Å². The number of nitrogens with one attached hydrogen (secondary N) is 3. The second-order valence-electron chi connectivity index (χ2n) is 19.2. The standard InChI is InChI=1S/C50H72N8O11.C2H4O2/c1-4-5-10-38(51)49(64)57-29-36-28-37(36)46(57)48(63)54-39(16-19-43(52)59)32(2)69-30-35-13-11-33(12-14-35)8-6-21-53-45(61)31-68-26-25-67-24-23-66-22-7-9-34-15-17-40-42(27-34)56(3)50(65)58(40)41-18-20-44(60)55-47(41)62;1-2(3)4/h11-15,17,27,32,36-39,41,46H,4-10,16,18-26,28-31,51H2,1-3H3,(H2,52,59)(H,53,61)(H,54,63)(H,55,60,62);1H3,(H,3,4)/t32-,36-,37-,38+,39+,41?,46+;/m1./s1. The van der Waals surface area contributed by atoms with Crippen LogP contribution in [0.5, 0.6) is 0 Å². The number of hydrogen-bond donors (Lipinski definition) is 6. The zero-order valence-corrected chi connectivity index (χ0v) is 42.8. The second kappa shape index (κ2) is 29.0. The van der Waals surface area contributed by atoms with Crippen LogP contribution in [0.25, 0.3) is 11.0 Å². The lowest BCUT2D eigenvalue weighted by atomic mass is 10.0. The molecule has 21 nitrogen and oxygen atoms in total. The van der Waals surface area contributed by atoms with Gasteiger partial charge in [-0.05, 0) is 98.9 Å². The zero-order chi connectivity index (χ0) is 53.0. The van der Waals surface area contributed by atoms with E-state index in [0.717, 1.165) is 74.1 Å². The van der Waals surface area contributed by atoms with Gasteiger partial charge in [0.1, 0.15) is 18.7 Å². The Bertz CT molecular complexity index is 2400. The Morgan fingerprint density at radius 1 is 0.877 bits per heavy atom. The van der Waals surface area contributed by atoms with E-state index in [9.17, 15) is 33.6 Å². The zero-order valence-electron chi connectivity index (χ0n) is 42.8. The van der Waals surface area contributed by atoms with E-state index in [1.807, 2.05) is 56.3 Å². The van der Waals surface area contributed by atoms with E-state index < -0.39 is 48.1 Å². The first kappa shape index (κ1) is 57.9. The number of carbonyl (C=O) groups excluding carboxylic acids is 6. The Kier molecular flexibility index (Phi) is 23.0. The van der Waals surface area contributed by atoms with Gasteiger partial charge in [0.15, 0.2) is 0 Å². The molecule has 0 radical (unpaired) electrons. The van der Waals surface area contributed by atoms with Gasteiger partial charge in [0.05, 0.1) is 62.3 Å². The number of aliphatic carboxylic acids is 1. The predicted molar refractivity (Wildman–Crippen MR) is 270 cm³/mol.